The third kappa shape index (κ3) is 4.78. The lowest BCUT2D eigenvalue weighted by Crippen LogP contribution is -2.05. The topological polar surface area (TPSA) is 68.0 Å². The number of aromatic nitrogens is 4. The number of hydrogen-bond acceptors (Lipinski definition) is 5. The molecule has 0 atom stereocenters. The van der Waals surface area contributed by atoms with Crippen molar-refractivity contribution < 1.29 is 0 Å². The Morgan fingerprint density at radius 1 is 1.11 bits per heavy atom. The van der Waals surface area contributed by atoms with E-state index >= 15 is 0 Å². The van der Waals surface area contributed by atoms with Gasteiger partial charge in [0, 0.05) is 11.8 Å². The average Bonchev–Trinajstić information content (AvgIpc) is 3.03. The van der Waals surface area contributed by atoms with Crippen molar-refractivity contribution in [2.75, 3.05) is 5.43 Å². The Morgan fingerprint density at radius 3 is 2.56 bits per heavy atom. The summed E-state index contributed by atoms with van der Waals surface area (Å²) in [5.41, 5.74) is 8.37. The number of hydrazone groups is 1. The molecule has 1 aromatic carbocycles. The second kappa shape index (κ2) is 8.58. The van der Waals surface area contributed by atoms with E-state index in [2.05, 4.69) is 56.8 Å². The Morgan fingerprint density at radius 2 is 1.89 bits per heavy atom. The van der Waals surface area contributed by atoms with Crippen molar-refractivity contribution in [3.8, 4) is 5.82 Å². The number of hydrogen-bond donors (Lipinski definition) is 1. The number of nitrogens with one attached hydrogen (secondary N) is 1. The van der Waals surface area contributed by atoms with Gasteiger partial charge in [-0.05, 0) is 50.8 Å². The molecular weight excluding hydrogens is 336 g/mol. The van der Waals surface area contributed by atoms with E-state index in [1.807, 2.05) is 32.9 Å². The van der Waals surface area contributed by atoms with Crippen LogP contribution in [0.25, 0.3) is 5.82 Å². The maximum atomic E-state index is 4.47. The second-order valence-corrected chi connectivity index (χ2v) is 6.71. The zero-order valence-corrected chi connectivity index (χ0v) is 16.4. The Hall–Kier alpha value is -3.02. The number of rotatable bonds is 7. The summed E-state index contributed by atoms with van der Waals surface area (Å²) in [5, 5.41) is 8.92. The molecule has 6 nitrogen and oxygen atoms in total. The minimum Gasteiger partial charge on any atom is -0.261 e. The van der Waals surface area contributed by atoms with Crippen molar-refractivity contribution in [1.82, 2.24) is 19.7 Å². The van der Waals surface area contributed by atoms with Gasteiger partial charge in [0.1, 0.15) is 6.33 Å². The molecule has 2 aromatic heterocycles. The number of anilines is 1. The zero-order chi connectivity index (χ0) is 19.2. The summed E-state index contributed by atoms with van der Waals surface area (Å²) < 4.78 is 1.80. The molecule has 3 aromatic rings. The number of aryl methyl sites for hydroxylation is 3. The highest BCUT2D eigenvalue weighted by atomic mass is 15.3. The first-order valence-corrected chi connectivity index (χ1v) is 9.32. The van der Waals surface area contributed by atoms with Crippen molar-refractivity contribution in [2.45, 2.75) is 47.0 Å². The zero-order valence-electron chi connectivity index (χ0n) is 16.4. The largest absolute Gasteiger partial charge is 0.261 e. The highest BCUT2D eigenvalue weighted by molar-refractivity contribution is 5.99. The van der Waals surface area contributed by atoms with Gasteiger partial charge in [-0.15, -0.1) is 0 Å². The van der Waals surface area contributed by atoms with Crippen LogP contribution in [0.3, 0.4) is 0 Å². The average molecular weight is 362 g/mol. The van der Waals surface area contributed by atoms with E-state index in [-0.39, 0.29) is 0 Å². The molecule has 0 aliphatic rings. The fraction of sp³-hybridized carbons (Fsp3) is 0.333. The van der Waals surface area contributed by atoms with Crippen molar-refractivity contribution in [3.05, 3.63) is 65.2 Å². The maximum absolute atomic E-state index is 4.47. The monoisotopic (exact) mass is 362 g/mol. The van der Waals surface area contributed by atoms with Crippen LogP contribution in [0.5, 0.6) is 0 Å². The van der Waals surface area contributed by atoms with E-state index in [1.54, 1.807) is 4.68 Å². The number of nitrogens with zero attached hydrogens (tertiary/aromatic N) is 5. The van der Waals surface area contributed by atoms with Crippen molar-refractivity contribution in [3.63, 3.8) is 0 Å². The highest BCUT2D eigenvalue weighted by Gasteiger charge is 2.06. The van der Waals surface area contributed by atoms with Gasteiger partial charge in [-0.1, -0.05) is 37.6 Å². The van der Waals surface area contributed by atoms with Crippen LogP contribution in [0, 0.1) is 13.8 Å². The number of unbranched alkanes of at least 4 members (excludes halogenated alkanes) is 1. The normalized spacial score (nSPS) is 11.6. The van der Waals surface area contributed by atoms with Crippen LogP contribution in [0.2, 0.25) is 0 Å². The first-order chi connectivity index (χ1) is 13.1. The molecule has 0 saturated heterocycles. The smallest absolute Gasteiger partial charge is 0.159 e. The molecule has 6 heteroatoms. The molecule has 0 fully saturated rings. The minimum atomic E-state index is 0.631. The van der Waals surface area contributed by atoms with Crippen LogP contribution < -0.4 is 5.43 Å². The van der Waals surface area contributed by atoms with E-state index in [9.17, 15) is 0 Å². The fourth-order valence-corrected chi connectivity index (χ4v) is 2.88. The van der Waals surface area contributed by atoms with Gasteiger partial charge in [0.2, 0.25) is 0 Å². The molecule has 0 amide bonds. The molecule has 0 unspecified atom stereocenters. The predicted octanol–water partition coefficient (Wildman–Crippen LogP) is 4.46. The Balaban J connectivity index is 1.71. The molecule has 0 bridgehead atoms. The quantitative estimate of drug-likeness (QED) is 0.498. The Bertz CT molecular complexity index is 924. The van der Waals surface area contributed by atoms with E-state index in [4.69, 9.17) is 0 Å². The second-order valence-electron chi connectivity index (χ2n) is 6.71. The summed E-state index contributed by atoms with van der Waals surface area (Å²) in [4.78, 5) is 8.55. The van der Waals surface area contributed by atoms with Gasteiger partial charge < -0.3 is 0 Å². The summed E-state index contributed by atoms with van der Waals surface area (Å²) in [5.74, 6) is 1.35. The van der Waals surface area contributed by atoms with E-state index in [0.29, 0.717) is 11.6 Å². The molecular formula is C21H26N6. The summed E-state index contributed by atoms with van der Waals surface area (Å²) in [6.07, 6.45) is 5.08. The Kier molecular flexibility index (Phi) is 5.96. The van der Waals surface area contributed by atoms with Crippen LogP contribution in [-0.4, -0.2) is 25.5 Å². The van der Waals surface area contributed by atoms with Crippen LogP contribution in [0.1, 0.15) is 49.2 Å². The van der Waals surface area contributed by atoms with E-state index in [1.165, 1.54) is 24.7 Å². The van der Waals surface area contributed by atoms with Gasteiger partial charge >= 0.3 is 0 Å². The fourth-order valence-electron chi connectivity index (χ4n) is 2.88. The first-order valence-electron chi connectivity index (χ1n) is 9.32. The molecule has 0 saturated carbocycles. The van der Waals surface area contributed by atoms with Gasteiger partial charge in [-0.25, -0.2) is 14.6 Å². The highest BCUT2D eigenvalue weighted by Crippen LogP contribution is 2.13. The lowest BCUT2D eigenvalue weighted by Gasteiger charge is -2.07. The summed E-state index contributed by atoms with van der Waals surface area (Å²) in [6, 6.07) is 12.4. The molecule has 3 rings (SSSR count). The summed E-state index contributed by atoms with van der Waals surface area (Å²) in [6.45, 7) is 8.16. The number of benzene rings is 1. The van der Waals surface area contributed by atoms with Crippen molar-refractivity contribution >= 4 is 11.5 Å². The van der Waals surface area contributed by atoms with Gasteiger partial charge in [-0.2, -0.15) is 10.2 Å². The summed E-state index contributed by atoms with van der Waals surface area (Å²) in [7, 11) is 0. The van der Waals surface area contributed by atoms with E-state index in [0.717, 1.165) is 29.1 Å². The third-order valence-corrected chi connectivity index (χ3v) is 4.41. The standard InChI is InChI=1S/C21H26N6/c1-5-6-7-18-8-10-19(11-9-18)17(4)24-25-20-13-21(23-14-22-20)27-16(3)12-15(2)26-27/h8-14H,5-7H2,1-4H3,(H,22,23,25)/b24-17+. The van der Waals surface area contributed by atoms with Crippen LogP contribution in [0.4, 0.5) is 5.82 Å². The minimum absolute atomic E-state index is 0.631. The van der Waals surface area contributed by atoms with Gasteiger partial charge in [0.25, 0.3) is 0 Å². The summed E-state index contributed by atoms with van der Waals surface area (Å²) >= 11 is 0. The first kappa shape index (κ1) is 18.8. The molecule has 27 heavy (non-hydrogen) atoms. The maximum Gasteiger partial charge on any atom is 0.159 e. The molecule has 0 spiro atoms. The molecule has 1 N–H and O–H groups in total. The molecule has 2 heterocycles. The van der Waals surface area contributed by atoms with Crippen LogP contribution in [0.15, 0.2) is 47.8 Å². The molecule has 0 aliphatic heterocycles. The van der Waals surface area contributed by atoms with Crippen LogP contribution >= 0.6 is 0 Å². The van der Waals surface area contributed by atoms with Crippen molar-refractivity contribution in [2.24, 2.45) is 5.10 Å². The van der Waals surface area contributed by atoms with Crippen molar-refractivity contribution in [1.29, 1.82) is 0 Å². The van der Waals surface area contributed by atoms with Gasteiger partial charge in [-0.3, -0.25) is 5.43 Å². The molecule has 0 aliphatic carbocycles. The van der Waals surface area contributed by atoms with Crippen LogP contribution in [-0.2, 0) is 6.42 Å². The predicted molar refractivity (Wildman–Crippen MR) is 110 cm³/mol. The molecule has 140 valence electrons. The van der Waals surface area contributed by atoms with Gasteiger partial charge in [0.15, 0.2) is 11.6 Å². The van der Waals surface area contributed by atoms with E-state index < -0.39 is 0 Å². The van der Waals surface area contributed by atoms with Gasteiger partial charge in [0.05, 0.1) is 11.4 Å². The SMILES string of the molecule is CCCCc1ccc(/C(C)=N/Nc2cc(-n3nc(C)cc3C)ncn2)cc1. The molecule has 0 radical (unpaired) electrons. The third-order valence-electron chi connectivity index (χ3n) is 4.41. The Labute approximate surface area is 160 Å². The lowest BCUT2D eigenvalue weighted by atomic mass is 10.0. The lowest BCUT2D eigenvalue weighted by molar-refractivity contribution is 0.795.